The number of sulfone groups is 1. The highest BCUT2D eigenvalue weighted by Crippen LogP contribution is 2.17. The summed E-state index contributed by atoms with van der Waals surface area (Å²) in [6.45, 7) is 1.34. The van der Waals surface area contributed by atoms with E-state index < -0.39 is 27.9 Å². The zero-order chi connectivity index (χ0) is 14.8. The van der Waals surface area contributed by atoms with Crippen molar-refractivity contribution in [1.29, 1.82) is 0 Å². The highest BCUT2D eigenvalue weighted by atomic mass is 32.2. The van der Waals surface area contributed by atoms with Crippen LogP contribution in [0.15, 0.2) is 0 Å². The largest absolute Gasteiger partial charge is 0.481 e. The fraction of sp³-hybridized carbons (Fsp3) is 0.818. The van der Waals surface area contributed by atoms with Crippen LogP contribution in [0.25, 0.3) is 0 Å². The van der Waals surface area contributed by atoms with E-state index in [-0.39, 0.29) is 37.0 Å². The number of carboxylic acids is 1. The molecule has 0 saturated carbocycles. The standard InChI is InChI=1S/C11H18N2O6S/c14-10(15)5-8-7-20(17,18)4-2-13(8)11(16)9-6-19-3-1-12-9/h8-9,12H,1-7H2,(H,14,15). The van der Waals surface area contributed by atoms with E-state index in [4.69, 9.17) is 9.84 Å². The molecule has 2 rings (SSSR count). The van der Waals surface area contributed by atoms with E-state index in [2.05, 4.69) is 5.32 Å². The summed E-state index contributed by atoms with van der Waals surface area (Å²) in [5, 5.41) is 11.9. The first-order valence-electron chi connectivity index (χ1n) is 6.43. The van der Waals surface area contributed by atoms with E-state index in [0.717, 1.165) is 0 Å². The highest BCUT2D eigenvalue weighted by molar-refractivity contribution is 7.91. The van der Waals surface area contributed by atoms with Crippen LogP contribution < -0.4 is 5.32 Å². The molecule has 2 aliphatic rings. The summed E-state index contributed by atoms with van der Waals surface area (Å²) in [5.41, 5.74) is 0. The van der Waals surface area contributed by atoms with Gasteiger partial charge in [-0.1, -0.05) is 0 Å². The normalized spacial score (nSPS) is 29.9. The minimum atomic E-state index is -3.28. The second-order valence-corrected chi connectivity index (χ2v) is 7.21. The molecule has 0 bridgehead atoms. The van der Waals surface area contributed by atoms with Crippen molar-refractivity contribution in [2.45, 2.75) is 18.5 Å². The lowest BCUT2D eigenvalue weighted by molar-refractivity contribution is -0.142. The van der Waals surface area contributed by atoms with Crippen LogP contribution in [0.2, 0.25) is 0 Å². The van der Waals surface area contributed by atoms with E-state index in [1.54, 1.807) is 0 Å². The smallest absolute Gasteiger partial charge is 0.305 e. The molecule has 0 spiro atoms. The Morgan fingerprint density at radius 3 is 2.75 bits per heavy atom. The number of hydrogen-bond acceptors (Lipinski definition) is 6. The molecule has 2 atom stereocenters. The maximum absolute atomic E-state index is 12.4. The van der Waals surface area contributed by atoms with Crippen LogP contribution in [-0.4, -0.2) is 80.2 Å². The van der Waals surface area contributed by atoms with E-state index in [0.29, 0.717) is 13.2 Å². The number of ether oxygens (including phenoxy) is 1. The molecule has 1 amide bonds. The molecule has 2 aliphatic heterocycles. The van der Waals surface area contributed by atoms with Crippen molar-refractivity contribution in [2.24, 2.45) is 0 Å². The van der Waals surface area contributed by atoms with Gasteiger partial charge in [0.15, 0.2) is 9.84 Å². The van der Waals surface area contributed by atoms with Crippen molar-refractivity contribution < 1.29 is 27.9 Å². The van der Waals surface area contributed by atoms with Gasteiger partial charge in [0.2, 0.25) is 5.91 Å². The minimum absolute atomic E-state index is 0.0390. The summed E-state index contributed by atoms with van der Waals surface area (Å²) in [5.74, 6) is -1.82. The number of carbonyl (C=O) groups is 2. The van der Waals surface area contributed by atoms with Crippen molar-refractivity contribution >= 4 is 21.7 Å². The molecule has 2 N–H and O–H groups in total. The Morgan fingerprint density at radius 2 is 2.15 bits per heavy atom. The summed E-state index contributed by atoms with van der Waals surface area (Å²) in [7, 11) is -3.28. The Balaban J connectivity index is 2.10. The summed E-state index contributed by atoms with van der Waals surface area (Å²) in [6.07, 6.45) is -0.363. The molecule has 0 aliphatic carbocycles. The number of nitrogens with one attached hydrogen (secondary N) is 1. The Bertz CT molecular complexity index is 485. The monoisotopic (exact) mass is 306 g/mol. The molecule has 8 nitrogen and oxygen atoms in total. The zero-order valence-corrected chi connectivity index (χ0v) is 11.8. The van der Waals surface area contributed by atoms with Gasteiger partial charge in [-0.25, -0.2) is 8.42 Å². The van der Waals surface area contributed by atoms with Crippen LogP contribution in [0.5, 0.6) is 0 Å². The average Bonchev–Trinajstić information content (AvgIpc) is 2.37. The molecule has 20 heavy (non-hydrogen) atoms. The number of nitrogens with zero attached hydrogens (tertiary/aromatic N) is 1. The second kappa shape index (κ2) is 6.06. The molecule has 0 aromatic heterocycles. The fourth-order valence-corrected chi connectivity index (χ4v) is 4.00. The molecular weight excluding hydrogens is 288 g/mol. The van der Waals surface area contributed by atoms with Gasteiger partial charge in [0, 0.05) is 13.1 Å². The van der Waals surface area contributed by atoms with Crippen molar-refractivity contribution in [3.8, 4) is 0 Å². The third-order valence-electron chi connectivity index (χ3n) is 3.44. The first kappa shape index (κ1) is 15.2. The predicted molar refractivity (Wildman–Crippen MR) is 69.0 cm³/mol. The van der Waals surface area contributed by atoms with Gasteiger partial charge >= 0.3 is 5.97 Å². The van der Waals surface area contributed by atoms with Crippen molar-refractivity contribution in [3.05, 3.63) is 0 Å². The summed E-state index contributed by atoms with van der Waals surface area (Å²) >= 11 is 0. The topological polar surface area (TPSA) is 113 Å². The van der Waals surface area contributed by atoms with Crippen LogP contribution in [0.1, 0.15) is 6.42 Å². The molecule has 2 unspecified atom stereocenters. The lowest BCUT2D eigenvalue weighted by atomic mass is 10.1. The number of hydrogen-bond donors (Lipinski definition) is 2. The average molecular weight is 306 g/mol. The number of carboxylic acid groups (broad SMARTS) is 1. The van der Waals surface area contributed by atoms with Crippen LogP contribution in [0, 0.1) is 0 Å². The van der Waals surface area contributed by atoms with Gasteiger partial charge in [-0.3, -0.25) is 9.59 Å². The van der Waals surface area contributed by atoms with Crippen LogP contribution in [0.3, 0.4) is 0 Å². The molecule has 114 valence electrons. The Kier molecular flexibility index (Phi) is 4.61. The zero-order valence-electron chi connectivity index (χ0n) is 10.9. The quantitative estimate of drug-likeness (QED) is 0.624. The van der Waals surface area contributed by atoms with Crippen LogP contribution in [-0.2, 0) is 24.2 Å². The molecule has 0 radical (unpaired) electrons. The van der Waals surface area contributed by atoms with Crippen LogP contribution >= 0.6 is 0 Å². The third-order valence-corrected chi connectivity index (χ3v) is 5.14. The molecule has 2 saturated heterocycles. The van der Waals surface area contributed by atoms with E-state index in [1.807, 2.05) is 0 Å². The van der Waals surface area contributed by atoms with E-state index in [1.165, 1.54) is 4.90 Å². The maximum Gasteiger partial charge on any atom is 0.305 e. The summed E-state index contributed by atoms with van der Waals surface area (Å²) < 4.78 is 28.4. The fourth-order valence-electron chi connectivity index (χ4n) is 2.47. The van der Waals surface area contributed by atoms with Gasteiger partial charge < -0.3 is 20.1 Å². The second-order valence-electron chi connectivity index (χ2n) is 4.98. The number of aliphatic carboxylic acids is 1. The van der Waals surface area contributed by atoms with Gasteiger partial charge in [0.25, 0.3) is 0 Å². The van der Waals surface area contributed by atoms with Gasteiger partial charge in [-0.05, 0) is 0 Å². The van der Waals surface area contributed by atoms with Crippen molar-refractivity contribution in [3.63, 3.8) is 0 Å². The Labute approximate surface area is 117 Å². The molecule has 0 aromatic carbocycles. The number of amides is 1. The first-order chi connectivity index (χ1) is 9.39. The predicted octanol–water partition coefficient (Wildman–Crippen LogP) is -1.92. The number of morpholine rings is 1. The van der Waals surface area contributed by atoms with E-state index >= 15 is 0 Å². The first-order valence-corrected chi connectivity index (χ1v) is 8.25. The number of rotatable bonds is 3. The van der Waals surface area contributed by atoms with Gasteiger partial charge in [-0.15, -0.1) is 0 Å². The highest BCUT2D eigenvalue weighted by Gasteiger charge is 2.38. The minimum Gasteiger partial charge on any atom is -0.481 e. The molecule has 2 heterocycles. The Morgan fingerprint density at radius 1 is 1.40 bits per heavy atom. The molecule has 0 aromatic rings. The van der Waals surface area contributed by atoms with E-state index in [9.17, 15) is 18.0 Å². The maximum atomic E-state index is 12.4. The molecule has 2 fully saturated rings. The number of carbonyl (C=O) groups excluding carboxylic acids is 1. The van der Waals surface area contributed by atoms with Crippen LogP contribution in [0.4, 0.5) is 0 Å². The SMILES string of the molecule is O=C(O)CC1CS(=O)(=O)CCN1C(=O)C1COCCN1. The lowest BCUT2D eigenvalue weighted by Gasteiger charge is -2.37. The lowest BCUT2D eigenvalue weighted by Crippen LogP contribution is -2.59. The van der Waals surface area contributed by atoms with Gasteiger partial charge in [0.05, 0.1) is 37.2 Å². The molecule has 9 heteroatoms. The molecular formula is C11H18N2O6S. The summed E-state index contributed by atoms with van der Waals surface area (Å²) in [6, 6.07) is -1.33. The third kappa shape index (κ3) is 3.68. The van der Waals surface area contributed by atoms with Crippen molar-refractivity contribution in [1.82, 2.24) is 10.2 Å². The van der Waals surface area contributed by atoms with Crippen molar-refractivity contribution in [2.75, 3.05) is 37.8 Å². The van der Waals surface area contributed by atoms with Gasteiger partial charge in [0.1, 0.15) is 6.04 Å². The Hall–Kier alpha value is -1.19. The summed E-state index contributed by atoms with van der Waals surface area (Å²) in [4.78, 5) is 24.6. The van der Waals surface area contributed by atoms with Gasteiger partial charge in [-0.2, -0.15) is 0 Å².